The molecule has 0 radical (unpaired) electrons. The number of ether oxygens (including phenoxy) is 1. The highest BCUT2D eigenvalue weighted by atomic mass is 79.9. The van der Waals surface area contributed by atoms with Crippen LogP contribution >= 0.6 is 38.9 Å². The number of hydrogen-bond acceptors (Lipinski definition) is 3. The van der Waals surface area contributed by atoms with Gasteiger partial charge in [-0.05, 0) is 52.7 Å². The van der Waals surface area contributed by atoms with Gasteiger partial charge in [-0.15, -0.1) is 11.3 Å². The molecule has 0 amide bonds. The fraction of sp³-hybridized carbons (Fsp3) is 0.375. The minimum Gasteiger partial charge on any atom is -0.494 e. The van der Waals surface area contributed by atoms with E-state index < -0.39 is 0 Å². The summed E-state index contributed by atoms with van der Waals surface area (Å²) in [7, 11) is 0. The van der Waals surface area contributed by atoms with Crippen molar-refractivity contribution in [1.29, 1.82) is 0 Å². The van der Waals surface area contributed by atoms with E-state index in [4.69, 9.17) is 16.3 Å². The van der Waals surface area contributed by atoms with Crippen LogP contribution in [0.2, 0.25) is 5.02 Å². The quantitative estimate of drug-likeness (QED) is 0.661. The zero-order chi connectivity index (χ0) is 15.2. The van der Waals surface area contributed by atoms with E-state index in [0.717, 1.165) is 34.1 Å². The van der Waals surface area contributed by atoms with Gasteiger partial charge < -0.3 is 10.1 Å². The normalized spacial score (nSPS) is 12.4. The maximum absolute atomic E-state index is 6.17. The number of benzene rings is 1. The predicted molar refractivity (Wildman–Crippen MR) is 94.8 cm³/mol. The van der Waals surface area contributed by atoms with Gasteiger partial charge in [-0.2, -0.15) is 0 Å². The van der Waals surface area contributed by atoms with E-state index in [-0.39, 0.29) is 6.04 Å². The first kappa shape index (κ1) is 16.8. The number of hydrogen-bond donors (Lipinski definition) is 1. The molecule has 0 saturated carbocycles. The average molecular weight is 389 g/mol. The van der Waals surface area contributed by atoms with Crippen LogP contribution in [0.15, 0.2) is 34.1 Å². The van der Waals surface area contributed by atoms with Gasteiger partial charge in [-0.3, -0.25) is 0 Å². The standard InChI is InChI=1S/C16H19BrClNOS/c1-3-8-20-12-7-5-6-11(9-12)15(19-4-2)14-10-13(18)16(17)21-14/h5-7,9-10,15,19H,3-4,8H2,1-2H3. The van der Waals surface area contributed by atoms with Crippen LogP contribution in [0.3, 0.4) is 0 Å². The van der Waals surface area contributed by atoms with Crippen LogP contribution in [0.4, 0.5) is 0 Å². The molecule has 1 aromatic heterocycles. The molecule has 0 spiro atoms. The summed E-state index contributed by atoms with van der Waals surface area (Å²) in [5, 5.41) is 4.27. The van der Waals surface area contributed by atoms with Crippen molar-refractivity contribution in [2.24, 2.45) is 0 Å². The van der Waals surface area contributed by atoms with Gasteiger partial charge in [0.2, 0.25) is 0 Å². The van der Waals surface area contributed by atoms with Gasteiger partial charge in [0.25, 0.3) is 0 Å². The van der Waals surface area contributed by atoms with Gasteiger partial charge in [0.1, 0.15) is 5.75 Å². The number of halogens is 2. The Hall–Kier alpha value is -0.550. The molecule has 5 heteroatoms. The van der Waals surface area contributed by atoms with E-state index in [1.54, 1.807) is 11.3 Å². The second-order valence-corrected chi connectivity index (χ2v) is 7.49. The van der Waals surface area contributed by atoms with E-state index in [0.29, 0.717) is 0 Å². The lowest BCUT2D eigenvalue weighted by Crippen LogP contribution is -2.21. The summed E-state index contributed by atoms with van der Waals surface area (Å²) in [5.41, 5.74) is 1.19. The lowest BCUT2D eigenvalue weighted by Gasteiger charge is -2.18. The van der Waals surface area contributed by atoms with Crippen LogP contribution in [0.1, 0.15) is 36.8 Å². The molecule has 0 aliphatic heterocycles. The first-order valence-electron chi connectivity index (χ1n) is 7.06. The van der Waals surface area contributed by atoms with E-state index in [2.05, 4.69) is 47.2 Å². The highest BCUT2D eigenvalue weighted by Crippen LogP contribution is 2.37. The molecule has 1 atom stereocenters. The molecule has 0 bridgehead atoms. The Bertz CT molecular complexity index is 568. The fourth-order valence-electron chi connectivity index (χ4n) is 2.10. The lowest BCUT2D eigenvalue weighted by atomic mass is 10.0. The third-order valence-electron chi connectivity index (χ3n) is 3.02. The van der Waals surface area contributed by atoms with Crippen LogP contribution in [0.25, 0.3) is 0 Å². The molecule has 21 heavy (non-hydrogen) atoms. The smallest absolute Gasteiger partial charge is 0.119 e. The zero-order valence-corrected chi connectivity index (χ0v) is 15.3. The second-order valence-electron chi connectivity index (χ2n) is 4.68. The monoisotopic (exact) mass is 387 g/mol. The maximum Gasteiger partial charge on any atom is 0.119 e. The van der Waals surface area contributed by atoms with E-state index in [1.807, 2.05) is 18.2 Å². The van der Waals surface area contributed by atoms with Crippen molar-refractivity contribution in [3.8, 4) is 5.75 Å². The molecule has 0 aliphatic carbocycles. The van der Waals surface area contributed by atoms with Gasteiger partial charge in [0.15, 0.2) is 0 Å². The maximum atomic E-state index is 6.17. The summed E-state index contributed by atoms with van der Waals surface area (Å²) in [4.78, 5) is 1.20. The summed E-state index contributed by atoms with van der Waals surface area (Å²) < 4.78 is 6.70. The van der Waals surface area contributed by atoms with Crippen molar-refractivity contribution in [2.75, 3.05) is 13.2 Å². The van der Waals surface area contributed by atoms with E-state index >= 15 is 0 Å². The Morgan fingerprint density at radius 3 is 2.76 bits per heavy atom. The minimum absolute atomic E-state index is 0.133. The Morgan fingerprint density at radius 2 is 2.14 bits per heavy atom. The Morgan fingerprint density at radius 1 is 1.33 bits per heavy atom. The summed E-state index contributed by atoms with van der Waals surface area (Å²) >= 11 is 11.3. The lowest BCUT2D eigenvalue weighted by molar-refractivity contribution is 0.317. The van der Waals surface area contributed by atoms with Crippen LogP contribution in [0, 0.1) is 0 Å². The molecule has 0 aliphatic rings. The van der Waals surface area contributed by atoms with Crippen LogP contribution < -0.4 is 10.1 Å². The second kappa shape index (κ2) is 8.18. The van der Waals surface area contributed by atoms with Gasteiger partial charge in [-0.25, -0.2) is 0 Å². The summed E-state index contributed by atoms with van der Waals surface area (Å²) in [6.45, 7) is 5.84. The predicted octanol–water partition coefficient (Wildman–Crippen LogP) is 5.65. The molecular weight excluding hydrogens is 370 g/mol. The van der Waals surface area contributed by atoms with Crippen molar-refractivity contribution < 1.29 is 4.74 Å². The van der Waals surface area contributed by atoms with Crippen LogP contribution in [0.5, 0.6) is 5.75 Å². The molecule has 1 N–H and O–H groups in total. The Balaban J connectivity index is 2.29. The van der Waals surface area contributed by atoms with Gasteiger partial charge in [-0.1, -0.05) is 37.6 Å². The first-order chi connectivity index (χ1) is 10.2. The first-order valence-corrected chi connectivity index (χ1v) is 9.05. The Labute approximate surface area is 143 Å². The molecular formula is C16H19BrClNOS. The third kappa shape index (κ3) is 4.46. The van der Waals surface area contributed by atoms with Crippen molar-refractivity contribution in [3.05, 3.63) is 49.6 Å². The largest absolute Gasteiger partial charge is 0.494 e. The van der Waals surface area contributed by atoms with Crippen molar-refractivity contribution in [1.82, 2.24) is 5.32 Å². The summed E-state index contributed by atoms with van der Waals surface area (Å²) in [6, 6.07) is 10.4. The minimum atomic E-state index is 0.133. The Kier molecular flexibility index (Phi) is 6.55. The van der Waals surface area contributed by atoms with Crippen molar-refractivity contribution >= 4 is 38.9 Å². The number of rotatable bonds is 7. The third-order valence-corrected chi connectivity index (χ3v) is 5.56. The molecule has 2 rings (SSSR count). The molecule has 2 aromatic rings. The molecule has 1 aromatic carbocycles. The van der Waals surface area contributed by atoms with Gasteiger partial charge in [0.05, 0.1) is 21.5 Å². The average Bonchev–Trinajstić information content (AvgIpc) is 2.82. The van der Waals surface area contributed by atoms with Crippen LogP contribution in [-0.2, 0) is 0 Å². The molecule has 114 valence electrons. The highest BCUT2D eigenvalue weighted by molar-refractivity contribution is 9.11. The van der Waals surface area contributed by atoms with Gasteiger partial charge in [0, 0.05) is 4.88 Å². The summed E-state index contributed by atoms with van der Waals surface area (Å²) in [5.74, 6) is 0.916. The number of nitrogens with one attached hydrogen (secondary N) is 1. The molecule has 0 saturated heterocycles. The molecule has 1 heterocycles. The topological polar surface area (TPSA) is 21.3 Å². The molecule has 2 nitrogen and oxygen atoms in total. The van der Waals surface area contributed by atoms with Crippen LogP contribution in [-0.4, -0.2) is 13.2 Å². The molecule has 1 unspecified atom stereocenters. The fourth-order valence-corrected chi connectivity index (χ4v) is 3.95. The zero-order valence-electron chi connectivity index (χ0n) is 12.2. The van der Waals surface area contributed by atoms with Crippen molar-refractivity contribution in [3.63, 3.8) is 0 Å². The van der Waals surface area contributed by atoms with Crippen molar-refractivity contribution in [2.45, 2.75) is 26.3 Å². The van der Waals surface area contributed by atoms with Gasteiger partial charge >= 0.3 is 0 Å². The van der Waals surface area contributed by atoms with E-state index in [1.165, 1.54) is 10.4 Å². The molecule has 0 fully saturated rings. The summed E-state index contributed by atoms with van der Waals surface area (Å²) in [6.07, 6.45) is 1.01. The SMILES string of the molecule is CCCOc1cccc(C(NCC)c2cc(Cl)c(Br)s2)c1. The highest BCUT2D eigenvalue weighted by Gasteiger charge is 2.17. The van der Waals surface area contributed by atoms with E-state index in [9.17, 15) is 0 Å². The number of thiophene rings is 1.